The first-order valence-corrected chi connectivity index (χ1v) is 41.1. The van der Waals surface area contributed by atoms with Crippen molar-refractivity contribution < 1.29 is 71.6 Å². The summed E-state index contributed by atoms with van der Waals surface area (Å²) in [7, 11) is 10.0. The number of fused-ring (bicyclic) bond motifs is 1. The number of anilines is 6. The molecule has 0 radical (unpaired) electrons. The molecule has 122 heavy (non-hydrogen) atoms. The molecule has 654 valence electrons. The number of hydrogen-bond donors (Lipinski definition) is 12. The maximum absolute atomic E-state index is 13.5. The minimum atomic E-state index is -0.837. The zero-order valence-corrected chi connectivity index (χ0v) is 71.6. The molecule has 0 fully saturated rings. The molecule has 40 heteroatoms. The average molecular weight is 1720 g/mol. The zero-order valence-electron chi connectivity index (χ0n) is 70.0. The molecule has 1 aliphatic rings. The molecule has 8 aromatic rings. The normalized spacial score (nSPS) is 12.5. The van der Waals surface area contributed by atoms with Gasteiger partial charge in [-0.15, -0.1) is 11.3 Å². The van der Waals surface area contributed by atoms with Crippen LogP contribution in [0.3, 0.4) is 0 Å². The highest BCUT2D eigenvalue weighted by molar-refractivity contribution is 7.17. The second-order valence-electron chi connectivity index (χ2n) is 28.8. The molecular weight excluding hydrogens is 1610 g/mol. The lowest BCUT2D eigenvalue weighted by molar-refractivity contribution is -0.122. The van der Waals surface area contributed by atoms with Gasteiger partial charge in [0.15, 0.2) is 17.5 Å². The summed E-state index contributed by atoms with van der Waals surface area (Å²) < 4.78 is 35.5. The smallest absolute Gasteiger partial charge is 0.291 e. The number of imidazole rings is 3. The highest BCUT2D eigenvalue weighted by Crippen LogP contribution is 2.40. The van der Waals surface area contributed by atoms with E-state index in [0.717, 1.165) is 57.9 Å². The van der Waals surface area contributed by atoms with Gasteiger partial charge in [-0.3, -0.25) is 68.7 Å². The van der Waals surface area contributed by atoms with Crippen molar-refractivity contribution in [3.63, 3.8) is 0 Å². The number of nitrogens with zero attached hydrogens (tertiary/aromatic N) is 11. The Bertz CT molecular complexity index is 5000. The van der Waals surface area contributed by atoms with Crippen LogP contribution in [0.1, 0.15) is 138 Å². The van der Waals surface area contributed by atoms with E-state index in [1.807, 2.05) is 57.3 Å². The zero-order chi connectivity index (χ0) is 87.8. The van der Waals surface area contributed by atoms with Crippen LogP contribution in [0, 0.1) is 24.7 Å². The Balaban J connectivity index is 0.516. The van der Waals surface area contributed by atoms with Crippen molar-refractivity contribution in [1.82, 2.24) is 69.3 Å². The van der Waals surface area contributed by atoms with Crippen LogP contribution in [0.25, 0.3) is 0 Å². The summed E-state index contributed by atoms with van der Waals surface area (Å²) in [5, 5.41) is 46.5. The Morgan fingerprint density at radius 2 is 0.992 bits per heavy atom. The number of aryl methyl sites for hydroxylation is 7. The lowest BCUT2D eigenvalue weighted by Gasteiger charge is -2.24. The van der Waals surface area contributed by atoms with Gasteiger partial charge in [0, 0.05) is 164 Å². The Morgan fingerprint density at radius 1 is 0.508 bits per heavy atom. The van der Waals surface area contributed by atoms with Gasteiger partial charge in [-0.05, 0) is 114 Å². The van der Waals surface area contributed by atoms with Crippen molar-refractivity contribution in [3.05, 3.63) is 159 Å². The van der Waals surface area contributed by atoms with Crippen molar-refractivity contribution >= 4 is 133 Å². The molecule has 0 saturated carbocycles. The number of hydrogen-bond acceptors (Lipinski definition) is 23. The number of halogens is 1. The summed E-state index contributed by atoms with van der Waals surface area (Å²) in [6.07, 6.45) is 12.0. The van der Waals surface area contributed by atoms with Crippen LogP contribution in [0.5, 0.6) is 0 Å². The third kappa shape index (κ3) is 28.8. The van der Waals surface area contributed by atoms with Gasteiger partial charge in [0.2, 0.25) is 41.2 Å². The first kappa shape index (κ1) is 93.8. The van der Waals surface area contributed by atoms with Crippen LogP contribution in [0.2, 0.25) is 5.02 Å². The van der Waals surface area contributed by atoms with E-state index in [-0.39, 0.29) is 134 Å². The van der Waals surface area contributed by atoms with Crippen molar-refractivity contribution in [2.24, 2.45) is 40.2 Å². The number of ether oxygens (including phenoxy) is 5. The number of aromatic nitrogens is 8. The van der Waals surface area contributed by atoms with E-state index in [2.05, 4.69) is 73.0 Å². The maximum atomic E-state index is 13.5. The fraction of sp³-hybridized carbons (Fsp3) is 0.439. The van der Waals surface area contributed by atoms with E-state index in [1.54, 1.807) is 76.2 Å². The van der Waals surface area contributed by atoms with Crippen LogP contribution < -0.4 is 58.1 Å². The first-order valence-electron chi connectivity index (χ1n) is 39.9. The standard InChI is InChI=1S/C82H108ClN23O15S/c1-52-53(2)122-82-71(52)72(56-16-18-57(83)19-17-56)95-61(73(85)106(82)54(3)84)47-70(111)92-58-20-14-55(15-21-58)13-10-35-117-37-39-119-41-43-121-44-42-120-40-38-118-36-25-67(108)87-27-12-33-100(4)32-11-26-86-66(107)22-28-91-79(114)75-98-64(50-104(75)8)96-68(109)23-29-90-78(113)63-46-60(49-103(63)7)94-81(116)76-99-65(51-105(76)9)97-69(110)24-30-89-77(112)62-45-59(48-102(62)6)93-80(115)74-88-31-34-101(74)5/h14-21,31,34,45-46,48-51,61,84-85H,10-13,22-30,32-33,35-44,47H2,1-9H3,(H,86,107)(H,87,108)(H,89,112)(H,90,113)(H,91,114)(H,92,111)(H,93,115)(H,94,116)(H,96,109)(H,97,110)/t61-/m0/s1. The summed E-state index contributed by atoms with van der Waals surface area (Å²) in [6.45, 7) is 12.1. The van der Waals surface area contributed by atoms with Gasteiger partial charge in [0.05, 0.1) is 83.0 Å². The van der Waals surface area contributed by atoms with Crippen LogP contribution >= 0.6 is 22.9 Å². The van der Waals surface area contributed by atoms with Crippen LogP contribution in [0.4, 0.5) is 33.7 Å². The Hall–Kier alpha value is -12.1. The minimum absolute atomic E-state index is 0.00363. The van der Waals surface area contributed by atoms with Gasteiger partial charge in [0.25, 0.3) is 29.5 Å². The van der Waals surface area contributed by atoms with Gasteiger partial charge in [-0.25, -0.2) is 15.0 Å². The van der Waals surface area contributed by atoms with Crippen molar-refractivity contribution in [3.8, 4) is 0 Å². The van der Waals surface area contributed by atoms with Gasteiger partial charge in [-0.1, -0.05) is 35.9 Å². The fourth-order valence-corrected chi connectivity index (χ4v) is 14.0. The predicted molar refractivity (Wildman–Crippen MR) is 462 cm³/mol. The minimum Gasteiger partial charge on any atom is -0.379 e. The molecule has 1 atom stereocenters. The van der Waals surface area contributed by atoms with E-state index in [1.165, 1.54) is 66.5 Å². The van der Waals surface area contributed by atoms with E-state index >= 15 is 0 Å². The lowest BCUT2D eigenvalue weighted by atomic mass is 9.99. The second kappa shape index (κ2) is 47.2. The third-order valence-electron chi connectivity index (χ3n) is 19.1. The lowest BCUT2D eigenvalue weighted by Crippen LogP contribution is -2.41. The van der Waals surface area contributed by atoms with Gasteiger partial charge < -0.3 is 105 Å². The van der Waals surface area contributed by atoms with E-state index in [0.29, 0.717) is 108 Å². The number of carbonyl (C=O) groups excluding carboxylic acids is 10. The molecule has 9 rings (SSSR count). The molecule has 0 saturated heterocycles. The number of nitrogens with one attached hydrogen (secondary N) is 12. The molecule has 6 aromatic heterocycles. The second-order valence-corrected chi connectivity index (χ2v) is 30.4. The summed E-state index contributed by atoms with van der Waals surface area (Å²) in [6, 6.07) is 17.1. The highest BCUT2D eigenvalue weighted by atomic mass is 35.5. The van der Waals surface area contributed by atoms with Gasteiger partial charge in [0.1, 0.15) is 34.1 Å². The number of benzene rings is 2. The largest absolute Gasteiger partial charge is 0.379 e. The summed E-state index contributed by atoms with van der Waals surface area (Å²) in [5.74, 6) is -3.73. The molecule has 0 bridgehead atoms. The van der Waals surface area contributed by atoms with Gasteiger partial charge in [-0.2, -0.15) is 0 Å². The molecule has 38 nitrogen and oxygen atoms in total. The molecule has 10 amide bonds. The molecule has 7 heterocycles. The topological polar surface area (TPSA) is 467 Å². The van der Waals surface area contributed by atoms with Crippen molar-refractivity contribution in [2.45, 2.75) is 84.6 Å². The van der Waals surface area contributed by atoms with E-state index in [4.69, 9.17) is 45.7 Å². The average Bonchev–Trinajstić information content (AvgIpc) is 1.60. The number of carbonyl (C=O) groups is 10. The number of amidine groups is 2. The third-order valence-corrected chi connectivity index (χ3v) is 20.6. The maximum Gasteiger partial charge on any atom is 0.291 e. The molecule has 12 N–H and O–H groups in total. The Labute approximate surface area is 715 Å². The number of aliphatic imine (C=N–C) groups is 1. The summed E-state index contributed by atoms with van der Waals surface area (Å²) in [4.78, 5) is 151. The van der Waals surface area contributed by atoms with Crippen LogP contribution in [-0.2, 0) is 89.3 Å². The molecular formula is C82H108ClN23O15S. The molecule has 0 unspecified atom stereocenters. The highest BCUT2D eigenvalue weighted by Gasteiger charge is 2.35. The van der Waals surface area contributed by atoms with E-state index in [9.17, 15) is 53.4 Å². The molecule has 1 aliphatic heterocycles. The van der Waals surface area contributed by atoms with Crippen molar-refractivity contribution in [2.75, 3.05) is 150 Å². The quantitative estimate of drug-likeness (QED) is 0.0116. The number of rotatable bonds is 49. The van der Waals surface area contributed by atoms with Crippen molar-refractivity contribution in [1.29, 1.82) is 10.8 Å². The SMILES string of the molecule is CC(=N)N1C(=N)[C@H](CC(=O)Nc2ccc(CCCOCCOCCOCCOCCOCCC(=O)NCCCN(C)CCCNC(=O)CCNC(=O)c3nc(NC(=O)CCNC(=O)c4cc(NC(=O)c5nc(NC(=O)CCNC(=O)c6cc(NC(=O)c7nccn7C)cn6C)cn5C)cn4C)cn3C)cc2)N=C(c2ccc(Cl)cc2)c2c1sc(C)c2C. The number of thiophene rings is 1. The van der Waals surface area contributed by atoms with E-state index < -0.39 is 47.4 Å². The molecule has 2 aromatic carbocycles. The summed E-state index contributed by atoms with van der Waals surface area (Å²) in [5.41, 5.74) is 6.13. The first-order chi connectivity index (χ1) is 58.6. The fourth-order valence-electron chi connectivity index (χ4n) is 12.7. The Morgan fingerprint density at radius 3 is 1.51 bits per heavy atom. The molecule has 0 aliphatic carbocycles. The van der Waals surface area contributed by atoms with Crippen LogP contribution in [-0.4, -0.2) is 244 Å². The number of amides is 10. The summed E-state index contributed by atoms with van der Waals surface area (Å²) >= 11 is 7.74. The monoisotopic (exact) mass is 1720 g/mol. The van der Waals surface area contributed by atoms with Gasteiger partial charge >= 0.3 is 0 Å². The predicted octanol–water partition coefficient (Wildman–Crippen LogP) is 6.12. The van der Waals surface area contributed by atoms with Crippen LogP contribution in [0.15, 0.2) is 103 Å². The molecule has 0 spiro atoms. The Kier molecular flexibility index (Phi) is 36.3.